The summed E-state index contributed by atoms with van der Waals surface area (Å²) in [5, 5.41) is 0. The van der Waals surface area contributed by atoms with Crippen molar-refractivity contribution < 1.29 is 33.3 Å². The van der Waals surface area contributed by atoms with E-state index in [0.29, 0.717) is 60.9 Å². The van der Waals surface area contributed by atoms with E-state index in [2.05, 4.69) is 6.58 Å². The first-order valence-corrected chi connectivity index (χ1v) is 11.0. The fourth-order valence-electron chi connectivity index (χ4n) is 3.01. The van der Waals surface area contributed by atoms with Gasteiger partial charge in [-0.1, -0.05) is 24.8 Å². The van der Waals surface area contributed by atoms with Crippen LogP contribution in [0.5, 0.6) is 5.75 Å². The molecule has 1 aliphatic rings. The maximum atomic E-state index is 12.4. The second-order valence-electron chi connectivity index (χ2n) is 7.36. The van der Waals surface area contributed by atoms with Gasteiger partial charge in [-0.25, -0.2) is 14.4 Å². The van der Waals surface area contributed by atoms with Crippen LogP contribution in [0.1, 0.15) is 46.4 Å². The average molecular weight is 462 g/mol. The second-order valence-corrected chi connectivity index (χ2v) is 7.36. The first kappa shape index (κ1) is 24.5. The molecule has 0 aromatic heterocycles. The van der Waals surface area contributed by atoms with Gasteiger partial charge in [-0.15, -0.1) is 0 Å². The normalized spacial score (nSPS) is 12.6. The molecular weight excluding hydrogens is 436 g/mol. The number of esters is 3. The molecule has 0 fully saturated rings. The highest BCUT2D eigenvalue weighted by atomic mass is 16.5. The highest BCUT2D eigenvalue weighted by Gasteiger charge is 2.16. The third-order valence-electron chi connectivity index (χ3n) is 4.84. The lowest BCUT2D eigenvalue weighted by molar-refractivity contribution is -0.137. The summed E-state index contributed by atoms with van der Waals surface area (Å²) < 4.78 is 21.4. The molecule has 176 valence electrons. The number of hydrogen-bond donors (Lipinski definition) is 0. The minimum absolute atomic E-state index is 0.320. The quantitative estimate of drug-likeness (QED) is 0.197. The first-order valence-electron chi connectivity index (χ1n) is 11.0. The Hall–Kier alpha value is -4.13. The molecule has 0 N–H and O–H groups in total. The van der Waals surface area contributed by atoms with Gasteiger partial charge in [0.25, 0.3) is 0 Å². The van der Waals surface area contributed by atoms with Crippen molar-refractivity contribution in [3.63, 3.8) is 0 Å². The lowest BCUT2D eigenvalue weighted by atomic mass is 10.1. The Morgan fingerprint density at radius 1 is 0.765 bits per heavy atom. The topological polar surface area (TPSA) is 88.1 Å². The zero-order valence-electron chi connectivity index (χ0n) is 18.7. The molecule has 0 saturated heterocycles. The minimum Gasteiger partial charge on any atom is -0.494 e. The Morgan fingerprint density at radius 2 is 1.32 bits per heavy atom. The number of hydrogen-bond acceptors (Lipinski definition) is 7. The molecule has 0 aliphatic heterocycles. The van der Waals surface area contributed by atoms with Gasteiger partial charge in [0.2, 0.25) is 0 Å². The predicted molar refractivity (Wildman–Crippen MR) is 125 cm³/mol. The molecule has 2 aromatic carbocycles. The predicted octanol–water partition coefficient (Wildman–Crippen LogP) is 5.15. The summed E-state index contributed by atoms with van der Waals surface area (Å²) in [5.41, 5.74) is 0.876. The van der Waals surface area contributed by atoms with E-state index in [-0.39, 0.29) is 0 Å². The van der Waals surface area contributed by atoms with E-state index in [1.165, 1.54) is 0 Å². The Morgan fingerprint density at radius 3 is 1.88 bits per heavy atom. The van der Waals surface area contributed by atoms with Crippen LogP contribution in [-0.4, -0.2) is 31.1 Å². The summed E-state index contributed by atoms with van der Waals surface area (Å²) in [6.45, 7) is 4.12. The van der Waals surface area contributed by atoms with Crippen molar-refractivity contribution in [1.82, 2.24) is 0 Å². The molecule has 34 heavy (non-hydrogen) atoms. The number of benzene rings is 2. The summed E-state index contributed by atoms with van der Waals surface area (Å²) in [7, 11) is 0. The molecule has 1 aliphatic carbocycles. The largest absolute Gasteiger partial charge is 0.494 e. The van der Waals surface area contributed by atoms with Crippen molar-refractivity contribution in [2.24, 2.45) is 0 Å². The third-order valence-corrected chi connectivity index (χ3v) is 4.84. The zero-order valence-corrected chi connectivity index (χ0v) is 18.7. The second kappa shape index (κ2) is 12.8. The van der Waals surface area contributed by atoms with Crippen molar-refractivity contribution in [3.05, 3.63) is 102 Å². The van der Waals surface area contributed by atoms with Crippen LogP contribution in [-0.2, 0) is 19.0 Å². The standard InChI is InChI=1S/C27H26O7/c1-2-25(28)32-19-7-6-18-31-22-12-10-21(11-13-22)27(30)34-24-16-14-23(15-17-24)33-26(29)20-8-4-3-5-9-20/h2-5,8-14,16H,1,6-7,15,17-19H2. The smallest absolute Gasteiger partial charge is 0.343 e. The molecule has 0 radical (unpaired) electrons. The fourth-order valence-corrected chi connectivity index (χ4v) is 3.01. The maximum Gasteiger partial charge on any atom is 0.343 e. The van der Waals surface area contributed by atoms with E-state index in [9.17, 15) is 14.4 Å². The Labute approximate surface area is 198 Å². The molecule has 0 spiro atoms. The number of rotatable bonds is 11. The minimum atomic E-state index is -0.472. The zero-order chi connectivity index (χ0) is 24.2. The van der Waals surface area contributed by atoms with Gasteiger partial charge in [0.05, 0.1) is 24.3 Å². The molecule has 7 heteroatoms. The van der Waals surface area contributed by atoms with Crippen molar-refractivity contribution in [2.45, 2.75) is 25.7 Å². The SMILES string of the molecule is C=CC(=O)OCCCCOc1ccc(C(=O)OC2=CC=C(OC(=O)c3ccccc3)CC2)cc1. The van der Waals surface area contributed by atoms with Crippen LogP contribution in [0.25, 0.3) is 0 Å². The van der Waals surface area contributed by atoms with Gasteiger partial charge in [0.15, 0.2) is 0 Å². The molecule has 0 atom stereocenters. The van der Waals surface area contributed by atoms with Crippen LogP contribution >= 0.6 is 0 Å². The van der Waals surface area contributed by atoms with Gasteiger partial charge in [0.1, 0.15) is 17.3 Å². The van der Waals surface area contributed by atoms with Gasteiger partial charge < -0.3 is 18.9 Å². The molecule has 2 aromatic rings. The molecule has 0 saturated carbocycles. The monoisotopic (exact) mass is 462 g/mol. The van der Waals surface area contributed by atoms with E-state index in [1.807, 2.05) is 6.07 Å². The van der Waals surface area contributed by atoms with Crippen LogP contribution in [0.15, 0.2) is 90.9 Å². The van der Waals surface area contributed by atoms with Gasteiger partial charge in [-0.05, 0) is 61.4 Å². The van der Waals surface area contributed by atoms with E-state index in [4.69, 9.17) is 18.9 Å². The molecule has 0 bridgehead atoms. The molecule has 7 nitrogen and oxygen atoms in total. The van der Waals surface area contributed by atoms with Crippen LogP contribution in [0.2, 0.25) is 0 Å². The van der Waals surface area contributed by atoms with Gasteiger partial charge in [0, 0.05) is 18.9 Å². The number of carbonyl (C=O) groups is 3. The average Bonchev–Trinajstić information content (AvgIpc) is 2.88. The van der Waals surface area contributed by atoms with Crippen LogP contribution < -0.4 is 4.74 Å². The number of allylic oxidation sites excluding steroid dienone is 4. The van der Waals surface area contributed by atoms with Crippen molar-refractivity contribution in [2.75, 3.05) is 13.2 Å². The van der Waals surface area contributed by atoms with Crippen LogP contribution in [0.3, 0.4) is 0 Å². The molecule has 3 rings (SSSR count). The van der Waals surface area contributed by atoms with E-state index >= 15 is 0 Å². The molecule has 0 heterocycles. The molecular formula is C27H26O7. The van der Waals surface area contributed by atoms with Crippen LogP contribution in [0.4, 0.5) is 0 Å². The maximum absolute atomic E-state index is 12.4. The number of unbranched alkanes of at least 4 members (excludes halogenated alkanes) is 1. The van der Waals surface area contributed by atoms with Gasteiger partial charge >= 0.3 is 17.9 Å². The third kappa shape index (κ3) is 7.78. The highest BCUT2D eigenvalue weighted by molar-refractivity contribution is 5.90. The summed E-state index contributed by atoms with van der Waals surface area (Å²) in [6.07, 6.45) is 6.71. The van der Waals surface area contributed by atoms with E-state index < -0.39 is 17.9 Å². The molecule has 0 unspecified atom stereocenters. The number of ether oxygens (including phenoxy) is 4. The van der Waals surface area contributed by atoms with Gasteiger partial charge in [-0.3, -0.25) is 0 Å². The molecule has 0 amide bonds. The van der Waals surface area contributed by atoms with E-state index in [0.717, 1.165) is 12.5 Å². The lowest BCUT2D eigenvalue weighted by Crippen LogP contribution is -2.10. The number of carbonyl (C=O) groups excluding carboxylic acids is 3. The lowest BCUT2D eigenvalue weighted by Gasteiger charge is -2.15. The van der Waals surface area contributed by atoms with Crippen molar-refractivity contribution >= 4 is 17.9 Å². The Kier molecular flexibility index (Phi) is 9.22. The highest BCUT2D eigenvalue weighted by Crippen LogP contribution is 2.23. The van der Waals surface area contributed by atoms with Crippen molar-refractivity contribution in [3.8, 4) is 5.75 Å². The summed E-state index contributed by atoms with van der Waals surface area (Å²) in [6, 6.07) is 15.4. The summed E-state index contributed by atoms with van der Waals surface area (Å²) >= 11 is 0. The van der Waals surface area contributed by atoms with Crippen molar-refractivity contribution in [1.29, 1.82) is 0 Å². The van der Waals surface area contributed by atoms with E-state index in [1.54, 1.807) is 60.7 Å². The summed E-state index contributed by atoms with van der Waals surface area (Å²) in [5.74, 6) is 0.328. The van der Waals surface area contributed by atoms with Crippen LogP contribution in [0, 0.1) is 0 Å². The summed E-state index contributed by atoms with van der Waals surface area (Å²) in [4.78, 5) is 35.5. The first-order chi connectivity index (χ1) is 16.5. The Bertz CT molecular complexity index is 1070. The fraction of sp³-hybridized carbons (Fsp3) is 0.222. The van der Waals surface area contributed by atoms with Gasteiger partial charge in [-0.2, -0.15) is 0 Å². The Balaban J connectivity index is 1.41.